The Morgan fingerprint density at radius 3 is 2.88 bits per heavy atom. The third-order valence-electron chi connectivity index (χ3n) is 4.51. The quantitative estimate of drug-likeness (QED) is 0.756. The topological polar surface area (TPSA) is 35.5 Å². The predicted molar refractivity (Wildman–Crippen MR) is 66.4 cm³/mol. The molecular weight excluding hydrogens is 200 g/mol. The van der Waals surface area contributed by atoms with Gasteiger partial charge in [0, 0.05) is 12.1 Å². The molecule has 0 aromatic rings. The minimum absolute atomic E-state index is 0.0147. The normalized spacial score (nSPS) is 41.4. The highest BCUT2D eigenvalue weighted by Crippen LogP contribution is 2.33. The lowest BCUT2D eigenvalue weighted by Crippen LogP contribution is -2.39. The molecule has 2 fully saturated rings. The third-order valence-corrected chi connectivity index (χ3v) is 4.51. The molecule has 0 saturated carbocycles. The molecule has 3 unspecified atom stereocenters. The monoisotopic (exact) mass is 226 g/mol. The SMILES string of the molecule is CCN1CCCC(C2CNC(C)(CO)C2)C1. The third kappa shape index (κ3) is 2.58. The molecule has 0 aliphatic carbocycles. The largest absolute Gasteiger partial charge is 0.394 e. The first kappa shape index (κ1) is 12.3. The molecule has 2 aliphatic rings. The molecule has 0 amide bonds. The first-order chi connectivity index (χ1) is 7.67. The summed E-state index contributed by atoms with van der Waals surface area (Å²) in [4.78, 5) is 2.57. The summed E-state index contributed by atoms with van der Waals surface area (Å²) < 4.78 is 0. The molecule has 2 saturated heterocycles. The molecule has 2 rings (SSSR count). The summed E-state index contributed by atoms with van der Waals surface area (Å²) in [6.07, 6.45) is 3.88. The summed E-state index contributed by atoms with van der Waals surface area (Å²) >= 11 is 0. The van der Waals surface area contributed by atoms with E-state index in [1.54, 1.807) is 0 Å². The van der Waals surface area contributed by atoms with Crippen LogP contribution in [0.2, 0.25) is 0 Å². The second-order valence-corrected chi connectivity index (χ2v) is 5.86. The molecule has 94 valence electrons. The highest BCUT2D eigenvalue weighted by atomic mass is 16.3. The number of hydrogen-bond acceptors (Lipinski definition) is 3. The zero-order valence-corrected chi connectivity index (χ0v) is 10.7. The van der Waals surface area contributed by atoms with Gasteiger partial charge in [-0.1, -0.05) is 6.92 Å². The van der Waals surface area contributed by atoms with Gasteiger partial charge in [0.1, 0.15) is 0 Å². The maximum absolute atomic E-state index is 9.37. The molecule has 0 spiro atoms. The Morgan fingerprint density at radius 2 is 2.25 bits per heavy atom. The van der Waals surface area contributed by atoms with E-state index in [2.05, 4.69) is 24.1 Å². The lowest BCUT2D eigenvalue weighted by Gasteiger charge is -2.35. The van der Waals surface area contributed by atoms with Gasteiger partial charge >= 0.3 is 0 Å². The van der Waals surface area contributed by atoms with E-state index in [0.717, 1.165) is 24.8 Å². The molecular formula is C13H26N2O. The minimum Gasteiger partial charge on any atom is -0.394 e. The van der Waals surface area contributed by atoms with Crippen molar-refractivity contribution in [2.24, 2.45) is 11.8 Å². The average Bonchev–Trinajstić information content (AvgIpc) is 2.73. The standard InChI is InChI=1S/C13H26N2O/c1-3-15-6-4-5-11(9-15)12-7-13(2,10-16)14-8-12/h11-12,14,16H,3-10H2,1-2H3. The van der Waals surface area contributed by atoms with Gasteiger partial charge in [-0.15, -0.1) is 0 Å². The lowest BCUT2D eigenvalue weighted by atomic mass is 9.81. The maximum atomic E-state index is 9.37. The number of hydrogen-bond donors (Lipinski definition) is 2. The number of aliphatic hydroxyl groups excluding tert-OH is 1. The summed E-state index contributed by atoms with van der Waals surface area (Å²) in [6.45, 7) is 9.51. The van der Waals surface area contributed by atoms with Gasteiger partial charge < -0.3 is 15.3 Å². The van der Waals surface area contributed by atoms with E-state index in [1.165, 1.54) is 32.5 Å². The van der Waals surface area contributed by atoms with E-state index in [-0.39, 0.29) is 12.1 Å². The van der Waals surface area contributed by atoms with Crippen molar-refractivity contribution in [3.05, 3.63) is 0 Å². The Labute approximate surface area is 99.2 Å². The van der Waals surface area contributed by atoms with Crippen LogP contribution in [0.3, 0.4) is 0 Å². The maximum Gasteiger partial charge on any atom is 0.0610 e. The molecule has 0 aromatic heterocycles. The molecule has 2 aliphatic heterocycles. The van der Waals surface area contributed by atoms with Crippen LogP contribution in [-0.4, -0.2) is 48.3 Å². The molecule has 0 bridgehead atoms. The number of rotatable bonds is 3. The smallest absolute Gasteiger partial charge is 0.0610 e. The Balaban J connectivity index is 1.89. The summed E-state index contributed by atoms with van der Waals surface area (Å²) in [5.41, 5.74) is -0.0147. The fourth-order valence-electron chi connectivity index (χ4n) is 3.32. The van der Waals surface area contributed by atoms with Crippen LogP contribution >= 0.6 is 0 Å². The van der Waals surface area contributed by atoms with Gasteiger partial charge in [0.05, 0.1) is 6.61 Å². The minimum atomic E-state index is -0.0147. The second-order valence-electron chi connectivity index (χ2n) is 5.86. The van der Waals surface area contributed by atoms with Crippen LogP contribution in [0.5, 0.6) is 0 Å². The number of aliphatic hydroxyl groups is 1. The van der Waals surface area contributed by atoms with E-state index in [1.807, 2.05) is 0 Å². The molecule has 3 heteroatoms. The molecule has 3 nitrogen and oxygen atoms in total. The highest BCUT2D eigenvalue weighted by Gasteiger charge is 2.38. The summed E-state index contributed by atoms with van der Waals surface area (Å²) in [7, 11) is 0. The summed E-state index contributed by atoms with van der Waals surface area (Å²) in [5, 5.41) is 12.9. The molecule has 2 N–H and O–H groups in total. The number of likely N-dealkylation sites (tertiary alicyclic amines) is 1. The Hall–Kier alpha value is -0.120. The van der Waals surface area contributed by atoms with Crippen molar-refractivity contribution in [1.82, 2.24) is 10.2 Å². The number of piperidine rings is 1. The molecule has 0 aromatic carbocycles. The van der Waals surface area contributed by atoms with Crippen molar-refractivity contribution in [1.29, 1.82) is 0 Å². The predicted octanol–water partition coefficient (Wildman–Crippen LogP) is 1.08. The van der Waals surface area contributed by atoms with E-state index in [4.69, 9.17) is 0 Å². The van der Waals surface area contributed by atoms with Gasteiger partial charge in [-0.25, -0.2) is 0 Å². The van der Waals surface area contributed by atoms with Gasteiger partial charge in [-0.05, 0) is 57.7 Å². The first-order valence-electron chi connectivity index (χ1n) is 6.75. The molecule has 3 atom stereocenters. The van der Waals surface area contributed by atoms with Crippen LogP contribution in [0.4, 0.5) is 0 Å². The molecule has 2 heterocycles. The average molecular weight is 226 g/mol. The van der Waals surface area contributed by atoms with Crippen molar-refractivity contribution < 1.29 is 5.11 Å². The number of nitrogens with one attached hydrogen (secondary N) is 1. The van der Waals surface area contributed by atoms with E-state index >= 15 is 0 Å². The molecule has 0 radical (unpaired) electrons. The van der Waals surface area contributed by atoms with Crippen molar-refractivity contribution in [3.63, 3.8) is 0 Å². The van der Waals surface area contributed by atoms with E-state index in [0.29, 0.717) is 0 Å². The van der Waals surface area contributed by atoms with Crippen molar-refractivity contribution >= 4 is 0 Å². The van der Waals surface area contributed by atoms with Crippen LogP contribution in [0.25, 0.3) is 0 Å². The zero-order valence-electron chi connectivity index (χ0n) is 10.7. The summed E-state index contributed by atoms with van der Waals surface area (Å²) in [6, 6.07) is 0. The van der Waals surface area contributed by atoms with Gasteiger partial charge in [-0.2, -0.15) is 0 Å². The lowest BCUT2D eigenvalue weighted by molar-refractivity contribution is 0.136. The van der Waals surface area contributed by atoms with Gasteiger partial charge in [0.2, 0.25) is 0 Å². The zero-order chi connectivity index (χ0) is 11.6. The van der Waals surface area contributed by atoms with Gasteiger partial charge in [0.15, 0.2) is 0 Å². The van der Waals surface area contributed by atoms with E-state index < -0.39 is 0 Å². The van der Waals surface area contributed by atoms with Crippen LogP contribution in [-0.2, 0) is 0 Å². The van der Waals surface area contributed by atoms with Crippen LogP contribution in [0.15, 0.2) is 0 Å². The van der Waals surface area contributed by atoms with Crippen molar-refractivity contribution in [2.75, 3.05) is 32.8 Å². The van der Waals surface area contributed by atoms with Crippen LogP contribution in [0.1, 0.15) is 33.1 Å². The van der Waals surface area contributed by atoms with E-state index in [9.17, 15) is 5.11 Å². The number of nitrogens with zero attached hydrogens (tertiary/aromatic N) is 1. The fourth-order valence-corrected chi connectivity index (χ4v) is 3.32. The fraction of sp³-hybridized carbons (Fsp3) is 1.00. The van der Waals surface area contributed by atoms with Crippen molar-refractivity contribution in [3.8, 4) is 0 Å². The van der Waals surface area contributed by atoms with Crippen LogP contribution < -0.4 is 5.32 Å². The van der Waals surface area contributed by atoms with Gasteiger partial charge in [0.25, 0.3) is 0 Å². The Morgan fingerprint density at radius 1 is 1.44 bits per heavy atom. The molecule has 16 heavy (non-hydrogen) atoms. The first-order valence-corrected chi connectivity index (χ1v) is 6.75. The highest BCUT2D eigenvalue weighted by molar-refractivity contribution is 4.96. The Bertz CT molecular complexity index is 234. The summed E-state index contributed by atoms with van der Waals surface area (Å²) in [5.74, 6) is 1.61. The Kier molecular flexibility index (Phi) is 3.88. The van der Waals surface area contributed by atoms with Crippen molar-refractivity contribution in [2.45, 2.75) is 38.6 Å². The second kappa shape index (κ2) is 5.03. The van der Waals surface area contributed by atoms with Crippen LogP contribution in [0, 0.1) is 11.8 Å². The van der Waals surface area contributed by atoms with Gasteiger partial charge in [-0.3, -0.25) is 0 Å².